The van der Waals surface area contributed by atoms with Crippen molar-refractivity contribution in [2.75, 3.05) is 13.7 Å². The molecule has 16 heavy (non-hydrogen) atoms. The third-order valence-corrected chi connectivity index (χ3v) is 2.44. The van der Waals surface area contributed by atoms with Gasteiger partial charge in [0, 0.05) is 6.20 Å². The summed E-state index contributed by atoms with van der Waals surface area (Å²) in [6, 6.07) is 0. The van der Waals surface area contributed by atoms with Crippen LogP contribution in [0.1, 0.15) is 19.4 Å². The minimum absolute atomic E-state index is 0.275. The molecule has 0 spiro atoms. The normalized spacial score (nSPS) is 14.5. The van der Waals surface area contributed by atoms with E-state index in [4.69, 9.17) is 4.74 Å². The molecule has 0 saturated heterocycles. The molecule has 0 amide bonds. The molecular weight excluding hydrogens is 206 g/mol. The summed E-state index contributed by atoms with van der Waals surface area (Å²) in [7, 11) is 1.40. The van der Waals surface area contributed by atoms with Crippen LogP contribution in [0.25, 0.3) is 0 Å². The van der Waals surface area contributed by atoms with Crippen LogP contribution >= 0.6 is 0 Å². The third-order valence-electron chi connectivity index (χ3n) is 2.44. The van der Waals surface area contributed by atoms with Crippen LogP contribution in [-0.4, -0.2) is 34.9 Å². The largest absolute Gasteiger partial charge is 0.468 e. The Kier molecular flexibility index (Phi) is 4.06. The molecular formula is C11H19N3O2. The zero-order chi connectivity index (χ0) is 12.2. The first-order valence-electron chi connectivity index (χ1n) is 5.34. The van der Waals surface area contributed by atoms with Gasteiger partial charge >= 0.3 is 5.97 Å². The summed E-state index contributed by atoms with van der Waals surface area (Å²) in [6.07, 6.45) is 3.67. The van der Waals surface area contributed by atoms with Gasteiger partial charge in [0.1, 0.15) is 5.54 Å². The summed E-state index contributed by atoms with van der Waals surface area (Å²) in [5.41, 5.74) is 0.339. The number of carbonyl (C=O) groups excluding carboxylic acids is 1. The molecule has 1 unspecified atom stereocenters. The number of carbonyl (C=O) groups is 1. The molecule has 1 heterocycles. The first kappa shape index (κ1) is 12.7. The zero-order valence-electron chi connectivity index (χ0n) is 10.3. The lowest BCUT2D eigenvalue weighted by molar-refractivity contribution is -0.148. The highest BCUT2D eigenvalue weighted by Crippen LogP contribution is 2.10. The van der Waals surface area contributed by atoms with Gasteiger partial charge in [-0.1, -0.05) is 6.92 Å². The summed E-state index contributed by atoms with van der Waals surface area (Å²) >= 11 is 0. The Morgan fingerprint density at radius 3 is 2.81 bits per heavy atom. The average Bonchev–Trinajstić information content (AvgIpc) is 2.62. The van der Waals surface area contributed by atoms with Crippen LogP contribution in [0.2, 0.25) is 0 Å². The third kappa shape index (κ3) is 2.82. The molecule has 90 valence electrons. The standard InChI is InChI=1S/C11H19N3O2/c1-5-12-11(3,10(15)16-4)8-14-7-9(2)6-13-14/h6-7,12H,5,8H2,1-4H3. The highest BCUT2D eigenvalue weighted by molar-refractivity contribution is 5.80. The minimum atomic E-state index is -0.734. The van der Waals surface area contributed by atoms with Gasteiger partial charge in [-0.2, -0.15) is 5.10 Å². The van der Waals surface area contributed by atoms with E-state index in [-0.39, 0.29) is 5.97 Å². The number of hydrogen-bond donors (Lipinski definition) is 1. The van der Waals surface area contributed by atoms with E-state index in [1.54, 1.807) is 10.9 Å². The van der Waals surface area contributed by atoms with Gasteiger partial charge in [-0.3, -0.25) is 4.68 Å². The average molecular weight is 225 g/mol. The van der Waals surface area contributed by atoms with Crippen molar-refractivity contribution in [1.82, 2.24) is 15.1 Å². The highest BCUT2D eigenvalue weighted by atomic mass is 16.5. The first-order chi connectivity index (χ1) is 7.51. The number of ether oxygens (including phenoxy) is 1. The van der Waals surface area contributed by atoms with Gasteiger partial charge in [0.2, 0.25) is 0 Å². The molecule has 1 aromatic rings. The van der Waals surface area contributed by atoms with Crippen LogP contribution in [0, 0.1) is 6.92 Å². The summed E-state index contributed by atoms with van der Waals surface area (Å²) < 4.78 is 6.55. The number of hydrogen-bond acceptors (Lipinski definition) is 4. The van der Waals surface area contributed by atoms with Crippen molar-refractivity contribution in [3.8, 4) is 0 Å². The highest BCUT2D eigenvalue weighted by Gasteiger charge is 2.34. The smallest absolute Gasteiger partial charge is 0.327 e. The molecule has 1 aromatic heterocycles. The summed E-state index contributed by atoms with van der Waals surface area (Å²) in [5.74, 6) is -0.275. The van der Waals surface area contributed by atoms with E-state index >= 15 is 0 Å². The fourth-order valence-electron chi connectivity index (χ4n) is 1.69. The zero-order valence-corrected chi connectivity index (χ0v) is 10.3. The molecule has 0 bridgehead atoms. The van der Waals surface area contributed by atoms with Gasteiger partial charge in [-0.05, 0) is 26.0 Å². The van der Waals surface area contributed by atoms with Gasteiger partial charge in [0.25, 0.3) is 0 Å². The number of nitrogens with zero attached hydrogens (tertiary/aromatic N) is 2. The van der Waals surface area contributed by atoms with Crippen LogP contribution in [-0.2, 0) is 16.1 Å². The maximum absolute atomic E-state index is 11.7. The topological polar surface area (TPSA) is 56.2 Å². The number of likely N-dealkylation sites (N-methyl/N-ethyl adjacent to an activating group) is 1. The van der Waals surface area contributed by atoms with Crippen molar-refractivity contribution in [1.29, 1.82) is 0 Å². The van der Waals surface area contributed by atoms with E-state index in [2.05, 4.69) is 10.4 Å². The molecule has 1 rings (SSSR count). The lowest BCUT2D eigenvalue weighted by Crippen LogP contribution is -2.53. The van der Waals surface area contributed by atoms with Crippen LogP contribution in [0.4, 0.5) is 0 Å². The Bertz CT molecular complexity index is 362. The minimum Gasteiger partial charge on any atom is -0.468 e. The lowest BCUT2D eigenvalue weighted by Gasteiger charge is -2.27. The molecule has 0 aromatic carbocycles. The number of rotatable bonds is 5. The van der Waals surface area contributed by atoms with E-state index in [0.29, 0.717) is 13.1 Å². The Balaban J connectivity index is 2.82. The molecule has 0 aliphatic rings. The number of nitrogens with one attached hydrogen (secondary N) is 1. The molecule has 5 nitrogen and oxygen atoms in total. The Morgan fingerprint density at radius 1 is 1.69 bits per heavy atom. The maximum Gasteiger partial charge on any atom is 0.327 e. The van der Waals surface area contributed by atoms with Gasteiger partial charge in [-0.15, -0.1) is 0 Å². The van der Waals surface area contributed by atoms with E-state index < -0.39 is 5.54 Å². The van der Waals surface area contributed by atoms with Gasteiger partial charge < -0.3 is 10.1 Å². The number of methoxy groups -OCH3 is 1. The molecule has 5 heteroatoms. The van der Waals surface area contributed by atoms with E-state index in [0.717, 1.165) is 5.56 Å². The maximum atomic E-state index is 11.7. The molecule has 0 aliphatic carbocycles. The van der Waals surface area contributed by atoms with E-state index in [1.807, 2.05) is 27.0 Å². The van der Waals surface area contributed by atoms with Crippen LogP contribution < -0.4 is 5.32 Å². The fraction of sp³-hybridized carbons (Fsp3) is 0.636. The Hall–Kier alpha value is -1.36. The van der Waals surface area contributed by atoms with Gasteiger partial charge in [-0.25, -0.2) is 4.79 Å². The molecule has 1 N–H and O–H groups in total. The van der Waals surface area contributed by atoms with Crippen LogP contribution in [0.15, 0.2) is 12.4 Å². The quantitative estimate of drug-likeness (QED) is 0.751. The Morgan fingerprint density at radius 2 is 2.38 bits per heavy atom. The van der Waals surface area contributed by atoms with Crippen molar-refractivity contribution in [3.63, 3.8) is 0 Å². The van der Waals surface area contributed by atoms with Gasteiger partial charge in [0.15, 0.2) is 0 Å². The van der Waals surface area contributed by atoms with Crippen molar-refractivity contribution in [2.45, 2.75) is 32.9 Å². The van der Waals surface area contributed by atoms with Gasteiger partial charge in [0.05, 0.1) is 19.9 Å². The summed E-state index contributed by atoms with van der Waals surface area (Å²) in [6.45, 7) is 6.90. The second kappa shape index (κ2) is 5.12. The van der Waals surface area contributed by atoms with Crippen molar-refractivity contribution in [2.24, 2.45) is 0 Å². The monoisotopic (exact) mass is 225 g/mol. The Labute approximate surface area is 95.8 Å². The molecule has 0 saturated carbocycles. The van der Waals surface area contributed by atoms with Crippen molar-refractivity contribution in [3.05, 3.63) is 18.0 Å². The second-order valence-electron chi connectivity index (χ2n) is 4.07. The molecule has 0 fully saturated rings. The lowest BCUT2D eigenvalue weighted by atomic mass is 10.0. The molecule has 1 atom stereocenters. The number of esters is 1. The van der Waals surface area contributed by atoms with E-state index in [1.165, 1.54) is 7.11 Å². The molecule has 0 aliphatic heterocycles. The van der Waals surface area contributed by atoms with E-state index in [9.17, 15) is 4.79 Å². The molecule has 0 radical (unpaired) electrons. The van der Waals surface area contributed by atoms with Crippen molar-refractivity contribution >= 4 is 5.97 Å². The van der Waals surface area contributed by atoms with Crippen LogP contribution in [0.3, 0.4) is 0 Å². The predicted molar refractivity (Wildman–Crippen MR) is 61.1 cm³/mol. The summed E-state index contributed by atoms with van der Waals surface area (Å²) in [4.78, 5) is 11.7. The van der Waals surface area contributed by atoms with Crippen molar-refractivity contribution < 1.29 is 9.53 Å². The fourth-order valence-corrected chi connectivity index (χ4v) is 1.69. The number of aromatic nitrogens is 2. The second-order valence-corrected chi connectivity index (χ2v) is 4.07. The van der Waals surface area contributed by atoms with Crippen LogP contribution in [0.5, 0.6) is 0 Å². The predicted octanol–water partition coefficient (Wildman–Crippen LogP) is 0.733. The summed E-state index contributed by atoms with van der Waals surface area (Å²) in [5, 5.41) is 7.30. The SMILES string of the molecule is CCNC(C)(Cn1cc(C)cn1)C(=O)OC. The first-order valence-corrected chi connectivity index (χ1v) is 5.34. The number of aryl methyl sites for hydroxylation is 1.